The highest BCUT2D eigenvalue weighted by atomic mass is 19.4. The van der Waals surface area contributed by atoms with Gasteiger partial charge in [0.1, 0.15) is 11.9 Å². The first kappa shape index (κ1) is 22.3. The molecule has 0 spiro atoms. The van der Waals surface area contributed by atoms with E-state index in [2.05, 4.69) is 10.6 Å². The zero-order valence-electron chi connectivity index (χ0n) is 15.6. The Balaban J connectivity index is 1.50. The van der Waals surface area contributed by atoms with Crippen LogP contribution in [0.3, 0.4) is 0 Å². The van der Waals surface area contributed by atoms with Crippen LogP contribution in [0.25, 0.3) is 0 Å². The highest BCUT2D eigenvalue weighted by Gasteiger charge is 2.34. The number of nitriles is 1. The van der Waals surface area contributed by atoms with E-state index >= 15 is 0 Å². The maximum Gasteiger partial charge on any atom is 0.416 e. The maximum atomic E-state index is 12.9. The van der Waals surface area contributed by atoms with Crippen molar-refractivity contribution in [3.8, 4) is 11.8 Å². The van der Waals surface area contributed by atoms with Gasteiger partial charge in [-0.25, -0.2) is 4.79 Å². The number of hydrogen-bond acceptors (Lipinski definition) is 3. The molecule has 2 amide bonds. The van der Waals surface area contributed by atoms with Gasteiger partial charge in [-0.05, 0) is 42.5 Å². The number of carbonyl (C=O) groups is 1. The number of anilines is 1. The second-order valence-corrected chi connectivity index (χ2v) is 6.94. The van der Waals surface area contributed by atoms with Gasteiger partial charge in [-0.3, -0.25) is 0 Å². The summed E-state index contributed by atoms with van der Waals surface area (Å²) in [4.78, 5) is 12.0. The molecule has 0 aromatic heterocycles. The lowest BCUT2D eigenvalue weighted by molar-refractivity contribution is -0.138. The molecule has 1 fully saturated rings. The molecule has 0 aliphatic heterocycles. The summed E-state index contributed by atoms with van der Waals surface area (Å²) >= 11 is 0. The number of nitrogens with one attached hydrogen (secondary N) is 2. The smallest absolute Gasteiger partial charge is 0.416 e. The Morgan fingerprint density at radius 3 is 2.13 bits per heavy atom. The number of ether oxygens (including phenoxy) is 1. The van der Waals surface area contributed by atoms with Gasteiger partial charge in [0.25, 0.3) is 0 Å². The second-order valence-electron chi connectivity index (χ2n) is 6.94. The predicted molar refractivity (Wildman–Crippen MR) is 97.2 cm³/mol. The summed E-state index contributed by atoms with van der Waals surface area (Å²) in [6.45, 7) is 0. The first-order chi connectivity index (χ1) is 14.4. The molecule has 1 aliphatic carbocycles. The number of alkyl halides is 6. The van der Waals surface area contributed by atoms with E-state index in [9.17, 15) is 31.1 Å². The van der Waals surface area contributed by atoms with Gasteiger partial charge in [0.05, 0.1) is 22.8 Å². The van der Waals surface area contributed by atoms with Gasteiger partial charge in [0.2, 0.25) is 0 Å². The molecule has 31 heavy (non-hydrogen) atoms. The number of amides is 2. The third kappa shape index (κ3) is 5.81. The number of urea groups is 1. The van der Waals surface area contributed by atoms with Crippen LogP contribution in [-0.4, -0.2) is 18.2 Å². The van der Waals surface area contributed by atoms with Gasteiger partial charge in [0, 0.05) is 24.6 Å². The summed E-state index contributed by atoms with van der Waals surface area (Å²) < 4.78 is 81.9. The molecule has 0 saturated heterocycles. The van der Waals surface area contributed by atoms with Crippen molar-refractivity contribution in [3.05, 3.63) is 59.2 Å². The molecular formula is C20H15F6N3O2. The van der Waals surface area contributed by atoms with E-state index in [0.717, 1.165) is 24.3 Å². The van der Waals surface area contributed by atoms with Crippen LogP contribution in [0.1, 0.15) is 29.5 Å². The van der Waals surface area contributed by atoms with Crippen molar-refractivity contribution in [1.29, 1.82) is 5.26 Å². The van der Waals surface area contributed by atoms with Crippen molar-refractivity contribution >= 4 is 11.7 Å². The SMILES string of the molecule is N#Cc1cc(NC(=O)N[C@H]2C[C@@H](Oc3ccc(C(F)(F)F)cc3)C2)cc(C(F)(F)F)c1. The molecule has 2 aromatic rings. The third-order valence-corrected chi connectivity index (χ3v) is 4.56. The van der Waals surface area contributed by atoms with Crippen molar-refractivity contribution in [2.24, 2.45) is 0 Å². The predicted octanol–water partition coefficient (Wildman–Crippen LogP) is 5.33. The summed E-state index contributed by atoms with van der Waals surface area (Å²) in [5, 5.41) is 13.7. The van der Waals surface area contributed by atoms with Gasteiger partial charge in [-0.1, -0.05) is 0 Å². The molecule has 3 rings (SSSR count). The second kappa shape index (κ2) is 8.37. The van der Waals surface area contributed by atoms with Crippen LogP contribution in [0.4, 0.5) is 36.8 Å². The maximum absolute atomic E-state index is 12.9. The van der Waals surface area contributed by atoms with Crippen molar-refractivity contribution in [3.63, 3.8) is 0 Å². The summed E-state index contributed by atoms with van der Waals surface area (Å²) in [7, 11) is 0. The van der Waals surface area contributed by atoms with Gasteiger partial charge < -0.3 is 15.4 Å². The molecule has 2 aromatic carbocycles. The van der Waals surface area contributed by atoms with Crippen LogP contribution >= 0.6 is 0 Å². The fraction of sp³-hybridized carbons (Fsp3) is 0.300. The number of halogens is 6. The minimum atomic E-state index is -4.67. The van der Waals surface area contributed by atoms with Crippen LogP contribution in [0.5, 0.6) is 5.75 Å². The highest BCUT2D eigenvalue weighted by Crippen LogP contribution is 2.33. The number of carbonyl (C=O) groups excluding carboxylic acids is 1. The molecule has 0 unspecified atom stereocenters. The Bertz CT molecular complexity index is 990. The highest BCUT2D eigenvalue weighted by molar-refractivity contribution is 5.89. The molecule has 11 heteroatoms. The number of hydrogen-bond donors (Lipinski definition) is 2. The normalized spacial score (nSPS) is 18.5. The average Bonchev–Trinajstić information content (AvgIpc) is 2.65. The molecule has 5 nitrogen and oxygen atoms in total. The zero-order chi connectivity index (χ0) is 22.8. The van der Waals surface area contributed by atoms with E-state index in [-0.39, 0.29) is 29.1 Å². The Hall–Kier alpha value is -3.42. The lowest BCUT2D eigenvalue weighted by Gasteiger charge is -2.35. The Kier molecular flexibility index (Phi) is 6.01. The Morgan fingerprint density at radius 2 is 1.58 bits per heavy atom. The Labute approximate surface area is 172 Å². The van der Waals surface area contributed by atoms with Crippen LogP contribution < -0.4 is 15.4 Å². The van der Waals surface area contributed by atoms with Crippen LogP contribution in [0.2, 0.25) is 0 Å². The van der Waals surface area contributed by atoms with Gasteiger partial charge in [-0.15, -0.1) is 0 Å². The van der Waals surface area contributed by atoms with Crippen molar-refractivity contribution in [2.75, 3.05) is 5.32 Å². The summed E-state index contributed by atoms with van der Waals surface area (Å²) in [5.41, 5.74) is -2.28. The number of nitrogens with zero attached hydrogens (tertiary/aromatic N) is 1. The largest absolute Gasteiger partial charge is 0.490 e. The molecule has 1 saturated carbocycles. The lowest BCUT2D eigenvalue weighted by Crippen LogP contribution is -2.50. The lowest BCUT2D eigenvalue weighted by atomic mass is 9.89. The van der Waals surface area contributed by atoms with E-state index in [1.807, 2.05) is 0 Å². The fourth-order valence-corrected chi connectivity index (χ4v) is 2.98. The van der Waals surface area contributed by atoms with Crippen LogP contribution in [0, 0.1) is 11.3 Å². The van der Waals surface area contributed by atoms with Gasteiger partial charge in [0.15, 0.2) is 0 Å². The summed E-state index contributed by atoms with van der Waals surface area (Å²) in [5.74, 6) is 0.258. The standard InChI is InChI=1S/C20H15F6N3O2/c21-19(22,23)12-1-3-16(4-2-12)31-17-8-15(9-17)29-18(30)28-14-6-11(10-27)5-13(7-14)20(24,25)26/h1-7,15,17H,8-9H2,(H2,28,29,30)/t15-,17+. The van der Waals surface area contributed by atoms with Crippen molar-refractivity contribution in [2.45, 2.75) is 37.3 Å². The minimum Gasteiger partial charge on any atom is -0.490 e. The fourth-order valence-electron chi connectivity index (χ4n) is 2.98. The van der Waals surface area contributed by atoms with Gasteiger partial charge in [-0.2, -0.15) is 31.6 Å². The topological polar surface area (TPSA) is 74.2 Å². The molecule has 0 atom stereocenters. The van der Waals surface area contributed by atoms with Crippen LogP contribution in [0.15, 0.2) is 42.5 Å². The van der Waals surface area contributed by atoms with E-state index in [4.69, 9.17) is 10.00 Å². The number of rotatable bonds is 4. The van der Waals surface area contributed by atoms with Gasteiger partial charge >= 0.3 is 18.4 Å². The van der Waals surface area contributed by atoms with E-state index in [0.29, 0.717) is 18.9 Å². The van der Waals surface area contributed by atoms with Crippen LogP contribution in [-0.2, 0) is 12.4 Å². The molecule has 1 aliphatic rings. The average molecular weight is 443 g/mol. The summed E-state index contributed by atoms with van der Waals surface area (Å²) in [6, 6.07) is 7.27. The molecule has 0 bridgehead atoms. The van der Waals surface area contributed by atoms with E-state index < -0.39 is 29.5 Å². The number of benzene rings is 2. The first-order valence-corrected chi connectivity index (χ1v) is 8.98. The third-order valence-electron chi connectivity index (χ3n) is 4.56. The van der Waals surface area contributed by atoms with E-state index in [1.54, 1.807) is 6.07 Å². The molecule has 164 valence electrons. The minimum absolute atomic E-state index is 0.180. The molecule has 0 heterocycles. The summed E-state index contributed by atoms with van der Waals surface area (Å²) in [6.07, 6.45) is -8.68. The van der Waals surface area contributed by atoms with E-state index in [1.165, 1.54) is 12.1 Å². The quantitative estimate of drug-likeness (QED) is 0.628. The molecule has 2 N–H and O–H groups in total. The molecule has 0 radical (unpaired) electrons. The van der Waals surface area contributed by atoms with Crippen molar-refractivity contribution < 1.29 is 35.9 Å². The van der Waals surface area contributed by atoms with Crippen molar-refractivity contribution in [1.82, 2.24) is 5.32 Å². The monoisotopic (exact) mass is 443 g/mol. The first-order valence-electron chi connectivity index (χ1n) is 8.98. The zero-order valence-corrected chi connectivity index (χ0v) is 15.6. The molecular weight excluding hydrogens is 428 g/mol. The Morgan fingerprint density at radius 1 is 0.968 bits per heavy atom.